The molecule has 0 N–H and O–H groups in total. The smallest absolute Gasteiger partial charge is 0.131 e. The summed E-state index contributed by atoms with van der Waals surface area (Å²) in [4.78, 5) is 0. The van der Waals surface area contributed by atoms with Gasteiger partial charge in [0.05, 0.1) is 0 Å². The van der Waals surface area contributed by atoms with Crippen LogP contribution < -0.4 is 0 Å². The lowest BCUT2D eigenvalue weighted by Crippen LogP contribution is -2.17. The summed E-state index contributed by atoms with van der Waals surface area (Å²) in [5, 5.41) is 0. The van der Waals surface area contributed by atoms with Crippen LogP contribution in [-0.2, 0) is 6.42 Å². The molecule has 0 heterocycles. The Morgan fingerprint density at radius 3 is 2.36 bits per heavy atom. The van der Waals surface area contributed by atoms with E-state index in [4.69, 9.17) is 0 Å². The van der Waals surface area contributed by atoms with E-state index >= 15 is 0 Å². The molecule has 0 aliphatic heterocycles. The fourth-order valence-corrected chi connectivity index (χ4v) is 4.45. The van der Waals surface area contributed by atoms with E-state index in [2.05, 4.69) is 52.8 Å². The van der Waals surface area contributed by atoms with Gasteiger partial charge in [-0.05, 0) is 58.8 Å². The molecule has 134 valence electrons. The van der Waals surface area contributed by atoms with Gasteiger partial charge in [-0.1, -0.05) is 77.4 Å². The van der Waals surface area contributed by atoms with Gasteiger partial charge < -0.3 is 0 Å². The predicted molar refractivity (Wildman–Crippen MR) is 105 cm³/mol. The average molecular weight is 339 g/mol. The first-order valence-electron chi connectivity index (χ1n) is 9.55. The van der Waals surface area contributed by atoms with Gasteiger partial charge >= 0.3 is 0 Å². The Kier molecular flexibility index (Phi) is 4.79. The van der Waals surface area contributed by atoms with Gasteiger partial charge in [0.15, 0.2) is 0 Å². The molecule has 2 aromatic carbocycles. The third-order valence-electron chi connectivity index (χ3n) is 5.65. The van der Waals surface area contributed by atoms with Crippen LogP contribution in [-0.4, -0.2) is 0 Å². The summed E-state index contributed by atoms with van der Waals surface area (Å²) in [5.74, 6) is 0.380. The molecule has 2 aromatic rings. The number of rotatable bonds is 3. The van der Waals surface area contributed by atoms with Crippen molar-refractivity contribution in [2.45, 2.75) is 66.2 Å². The molecule has 3 rings (SSSR count). The average Bonchev–Trinajstić information content (AvgIpc) is 2.86. The van der Waals surface area contributed by atoms with Gasteiger partial charge in [0, 0.05) is 5.56 Å². The molecule has 1 aliphatic rings. The quantitative estimate of drug-likeness (QED) is 0.548. The minimum absolute atomic E-state index is 0.122. The van der Waals surface area contributed by atoms with Crippen molar-refractivity contribution >= 4 is 0 Å². The number of hydrogen-bond donors (Lipinski definition) is 0. The van der Waals surface area contributed by atoms with Gasteiger partial charge in [-0.15, -0.1) is 0 Å². The minimum Gasteiger partial charge on any atom is -0.206 e. The van der Waals surface area contributed by atoms with Crippen LogP contribution in [0.2, 0.25) is 0 Å². The molecule has 0 aromatic heterocycles. The van der Waals surface area contributed by atoms with Gasteiger partial charge in [0.1, 0.15) is 5.82 Å². The first kappa shape index (κ1) is 18.2. The van der Waals surface area contributed by atoms with Crippen LogP contribution in [0.4, 0.5) is 4.39 Å². The molecule has 0 bridgehead atoms. The fourth-order valence-electron chi connectivity index (χ4n) is 4.45. The first-order chi connectivity index (χ1) is 11.7. The third kappa shape index (κ3) is 3.97. The summed E-state index contributed by atoms with van der Waals surface area (Å²) < 4.78 is 14.5. The van der Waals surface area contributed by atoms with Gasteiger partial charge in [-0.3, -0.25) is 0 Å². The Bertz CT molecular complexity index is 749. The van der Waals surface area contributed by atoms with E-state index < -0.39 is 0 Å². The number of hydrogen-bond acceptors (Lipinski definition) is 0. The lowest BCUT2D eigenvalue weighted by Gasteiger charge is -2.30. The first-order valence-corrected chi connectivity index (χ1v) is 9.55. The van der Waals surface area contributed by atoms with Crippen molar-refractivity contribution in [3.63, 3.8) is 0 Å². The summed E-state index contributed by atoms with van der Waals surface area (Å²) in [5.41, 5.74) is 5.06. The van der Waals surface area contributed by atoms with Crippen LogP contribution in [0.5, 0.6) is 0 Å². The van der Waals surface area contributed by atoms with Gasteiger partial charge in [0.2, 0.25) is 0 Å². The van der Waals surface area contributed by atoms with Crippen molar-refractivity contribution in [3.8, 4) is 11.1 Å². The largest absolute Gasteiger partial charge is 0.206 e. The summed E-state index contributed by atoms with van der Waals surface area (Å²) in [6, 6.07) is 13.9. The SMILES string of the molecule is CC(C)(C)Cc1ccc(-c2ccccc2F)c([C@H]2CCCC2(C)C)c1. The summed E-state index contributed by atoms with van der Waals surface area (Å²) in [7, 11) is 0. The van der Waals surface area contributed by atoms with Crippen molar-refractivity contribution in [3.05, 3.63) is 59.4 Å². The van der Waals surface area contributed by atoms with E-state index in [0.717, 1.165) is 17.5 Å². The highest BCUT2D eigenvalue weighted by Crippen LogP contribution is 2.51. The second-order valence-electron chi connectivity index (χ2n) is 9.57. The lowest BCUT2D eigenvalue weighted by molar-refractivity contribution is 0.332. The molecule has 25 heavy (non-hydrogen) atoms. The van der Waals surface area contributed by atoms with E-state index in [1.165, 1.54) is 30.4 Å². The second-order valence-corrected chi connectivity index (χ2v) is 9.57. The van der Waals surface area contributed by atoms with E-state index in [1.807, 2.05) is 12.1 Å². The van der Waals surface area contributed by atoms with Crippen molar-refractivity contribution < 1.29 is 4.39 Å². The molecule has 1 atom stereocenters. The molecule has 0 saturated heterocycles. The van der Waals surface area contributed by atoms with Crippen molar-refractivity contribution in [2.24, 2.45) is 10.8 Å². The van der Waals surface area contributed by atoms with Crippen molar-refractivity contribution in [1.29, 1.82) is 0 Å². The highest BCUT2D eigenvalue weighted by molar-refractivity contribution is 5.69. The maximum absolute atomic E-state index is 14.5. The van der Waals surface area contributed by atoms with Crippen LogP contribution in [0.3, 0.4) is 0 Å². The van der Waals surface area contributed by atoms with E-state index in [-0.39, 0.29) is 16.6 Å². The summed E-state index contributed by atoms with van der Waals surface area (Å²) in [6.45, 7) is 11.6. The molecule has 0 radical (unpaired) electrons. The molecule has 0 unspecified atom stereocenters. The Morgan fingerprint density at radius 1 is 1.04 bits per heavy atom. The van der Waals surface area contributed by atoms with Crippen molar-refractivity contribution in [1.82, 2.24) is 0 Å². The molecule has 1 saturated carbocycles. The second kappa shape index (κ2) is 6.59. The zero-order chi connectivity index (χ0) is 18.2. The Morgan fingerprint density at radius 2 is 1.76 bits per heavy atom. The predicted octanol–water partition coefficient (Wildman–Crippen LogP) is 7.38. The topological polar surface area (TPSA) is 0 Å². The third-order valence-corrected chi connectivity index (χ3v) is 5.65. The summed E-state index contributed by atoms with van der Waals surface area (Å²) in [6.07, 6.45) is 4.76. The van der Waals surface area contributed by atoms with E-state index in [1.54, 1.807) is 12.1 Å². The van der Waals surface area contributed by atoms with Crippen LogP contribution >= 0.6 is 0 Å². The van der Waals surface area contributed by atoms with E-state index in [9.17, 15) is 4.39 Å². The molecule has 0 amide bonds. The van der Waals surface area contributed by atoms with Crippen LogP contribution in [0.15, 0.2) is 42.5 Å². The number of halogens is 1. The Balaban J connectivity index is 2.13. The van der Waals surface area contributed by atoms with Gasteiger partial charge in [-0.2, -0.15) is 0 Å². The zero-order valence-electron chi connectivity index (χ0n) is 16.3. The molecular formula is C24H31F. The maximum Gasteiger partial charge on any atom is 0.131 e. The highest BCUT2D eigenvalue weighted by atomic mass is 19.1. The molecule has 1 heteroatoms. The standard InChI is InChI=1S/C24H31F/c1-23(2,3)16-17-12-13-18(19-9-6-7-11-22(19)25)20(15-17)21-10-8-14-24(21,4)5/h6-7,9,11-13,15,21H,8,10,14,16H2,1-5H3/t21-/m1/s1. The number of benzene rings is 2. The summed E-state index contributed by atoms with van der Waals surface area (Å²) >= 11 is 0. The fraction of sp³-hybridized carbons (Fsp3) is 0.500. The van der Waals surface area contributed by atoms with Crippen LogP contribution in [0.1, 0.15) is 70.9 Å². The van der Waals surface area contributed by atoms with Crippen LogP contribution in [0.25, 0.3) is 11.1 Å². The molecule has 1 fully saturated rings. The van der Waals surface area contributed by atoms with Gasteiger partial charge in [0.25, 0.3) is 0 Å². The Labute approximate surface area is 152 Å². The van der Waals surface area contributed by atoms with Gasteiger partial charge in [-0.25, -0.2) is 4.39 Å². The highest BCUT2D eigenvalue weighted by Gasteiger charge is 2.37. The molecule has 0 spiro atoms. The lowest BCUT2D eigenvalue weighted by atomic mass is 9.74. The Hall–Kier alpha value is -1.63. The normalized spacial score (nSPS) is 20.0. The minimum atomic E-state index is -0.122. The zero-order valence-corrected chi connectivity index (χ0v) is 16.3. The van der Waals surface area contributed by atoms with E-state index in [0.29, 0.717) is 5.92 Å². The van der Waals surface area contributed by atoms with Crippen molar-refractivity contribution in [2.75, 3.05) is 0 Å². The molecule has 0 nitrogen and oxygen atoms in total. The maximum atomic E-state index is 14.5. The molecular weight excluding hydrogens is 307 g/mol. The monoisotopic (exact) mass is 338 g/mol. The molecule has 1 aliphatic carbocycles. The van der Waals surface area contributed by atoms with Crippen LogP contribution in [0, 0.1) is 16.6 Å².